The Balaban J connectivity index is 3.00. The van der Waals surface area contributed by atoms with E-state index in [9.17, 15) is 0 Å². The number of ether oxygens (including phenoxy) is 1. The summed E-state index contributed by atoms with van der Waals surface area (Å²) in [7, 11) is 0. The maximum absolute atomic E-state index is 5.85. The normalized spacial score (nSPS) is 14.3. The molecule has 3 nitrogen and oxygen atoms in total. The van der Waals surface area contributed by atoms with Gasteiger partial charge in [0.15, 0.2) is 0 Å². The van der Waals surface area contributed by atoms with Gasteiger partial charge in [-0.1, -0.05) is 26.8 Å². The van der Waals surface area contributed by atoms with Crippen LogP contribution in [0.25, 0.3) is 0 Å². The second-order valence-corrected chi connectivity index (χ2v) is 6.13. The molecule has 3 heteroatoms. The number of benzene rings is 1. The molecule has 0 aromatic heterocycles. The van der Waals surface area contributed by atoms with Crippen molar-refractivity contribution in [3.8, 4) is 5.75 Å². The van der Waals surface area contributed by atoms with Crippen LogP contribution in [0.1, 0.15) is 49.8 Å². The molecule has 0 aliphatic rings. The SMILES string of the molecule is CCCOc1ccc(C(C)C(C)C(CN)CN)c(C)c1C. The van der Waals surface area contributed by atoms with Crippen molar-refractivity contribution in [2.75, 3.05) is 19.7 Å². The molecule has 21 heavy (non-hydrogen) atoms. The first kappa shape index (κ1) is 18.0. The van der Waals surface area contributed by atoms with Gasteiger partial charge < -0.3 is 16.2 Å². The van der Waals surface area contributed by atoms with E-state index in [2.05, 4.69) is 46.8 Å². The first-order chi connectivity index (χ1) is 9.97. The predicted molar refractivity (Wildman–Crippen MR) is 90.9 cm³/mol. The maximum Gasteiger partial charge on any atom is 0.122 e. The van der Waals surface area contributed by atoms with Crippen LogP contribution in [0.2, 0.25) is 0 Å². The van der Waals surface area contributed by atoms with Gasteiger partial charge in [0.25, 0.3) is 0 Å². The van der Waals surface area contributed by atoms with Crippen LogP contribution in [0.15, 0.2) is 12.1 Å². The van der Waals surface area contributed by atoms with E-state index >= 15 is 0 Å². The zero-order valence-corrected chi connectivity index (χ0v) is 14.3. The van der Waals surface area contributed by atoms with Gasteiger partial charge in [0.1, 0.15) is 5.75 Å². The lowest BCUT2D eigenvalue weighted by molar-refractivity contribution is 0.313. The zero-order valence-electron chi connectivity index (χ0n) is 14.3. The summed E-state index contributed by atoms with van der Waals surface area (Å²) in [4.78, 5) is 0. The number of hydrogen-bond donors (Lipinski definition) is 2. The van der Waals surface area contributed by atoms with Gasteiger partial charge in [0.05, 0.1) is 6.61 Å². The predicted octanol–water partition coefficient (Wildman–Crippen LogP) is 3.37. The van der Waals surface area contributed by atoms with Crippen molar-refractivity contribution in [2.45, 2.75) is 47.0 Å². The Morgan fingerprint density at radius 1 is 1.05 bits per heavy atom. The first-order valence-corrected chi connectivity index (χ1v) is 8.10. The highest BCUT2D eigenvalue weighted by atomic mass is 16.5. The van der Waals surface area contributed by atoms with E-state index in [0.29, 0.717) is 30.8 Å². The van der Waals surface area contributed by atoms with Gasteiger partial charge in [0, 0.05) is 0 Å². The highest BCUT2D eigenvalue weighted by Crippen LogP contribution is 2.34. The van der Waals surface area contributed by atoms with Crippen LogP contribution >= 0.6 is 0 Å². The summed E-state index contributed by atoms with van der Waals surface area (Å²) in [5.41, 5.74) is 15.7. The summed E-state index contributed by atoms with van der Waals surface area (Å²) < 4.78 is 5.81. The third-order valence-electron chi connectivity index (χ3n) is 4.87. The fourth-order valence-corrected chi connectivity index (χ4v) is 2.90. The summed E-state index contributed by atoms with van der Waals surface area (Å²) in [6.45, 7) is 13.1. The molecule has 2 atom stereocenters. The maximum atomic E-state index is 5.85. The van der Waals surface area contributed by atoms with E-state index in [0.717, 1.165) is 18.8 Å². The Morgan fingerprint density at radius 3 is 2.19 bits per heavy atom. The van der Waals surface area contributed by atoms with Gasteiger partial charge in [-0.15, -0.1) is 0 Å². The first-order valence-electron chi connectivity index (χ1n) is 8.10. The van der Waals surface area contributed by atoms with Gasteiger partial charge in [0.2, 0.25) is 0 Å². The highest BCUT2D eigenvalue weighted by molar-refractivity contribution is 5.45. The molecule has 0 saturated heterocycles. The Bertz CT molecular complexity index is 441. The molecular weight excluding hydrogens is 260 g/mol. The molecule has 0 amide bonds. The Labute approximate surface area is 130 Å². The molecule has 4 N–H and O–H groups in total. The summed E-state index contributed by atoms with van der Waals surface area (Å²) in [5, 5.41) is 0. The van der Waals surface area contributed by atoms with Crippen LogP contribution in [0, 0.1) is 25.7 Å². The molecule has 0 radical (unpaired) electrons. The quantitative estimate of drug-likeness (QED) is 0.772. The van der Waals surface area contributed by atoms with Crippen molar-refractivity contribution in [3.05, 3.63) is 28.8 Å². The van der Waals surface area contributed by atoms with Gasteiger partial charge >= 0.3 is 0 Å². The lowest BCUT2D eigenvalue weighted by atomic mass is 9.78. The fraction of sp³-hybridized carbons (Fsp3) is 0.667. The van der Waals surface area contributed by atoms with Crippen molar-refractivity contribution < 1.29 is 4.74 Å². The minimum Gasteiger partial charge on any atom is -0.493 e. The summed E-state index contributed by atoms with van der Waals surface area (Å²) in [5.74, 6) is 2.30. The lowest BCUT2D eigenvalue weighted by Gasteiger charge is -2.29. The van der Waals surface area contributed by atoms with Gasteiger partial charge in [-0.2, -0.15) is 0 Å². The smallest absolute Gasteiger partial charge is 0.122 e. The van der Waals surface area contributed by atoms with E-state index in [1.807, 2.05) is 0 Å². The molecule has 0 saturated carbocycles. The molecule has 0 bridgehead atoms. The molecule has 1 rings (SSSR count). The van der Waals surface area contributed by atoms with Crippen molar-refractivity contribution in [1.82, 2.24) is 0 Å². The van der Waals surface area contributed by atoms with E-state index in [1.165, 1.54) is 16.7 Å². The molecular formula is C18H32N2O. The second-order valence-electron chi connectivity index (χ2n) is 6.13. The molecule has 0 fully saturated rings. The second kappa shape index (κ2) is 8.40. The molecule has 1 aromatic carbocycles. The van der Waals surface area contributed by atoms with Crippen molar-refractivity contribution in [1.29, 1.82) is 0 Å². The third-order valence-corrected chi connectivity index (χ3v) is 4.87. The number of hydrogen-bond acceptors (Lipinski definition) is 3. The molecule has 0 aliphatic heterocycles. The fourth-order valence-electron chi connectivity index (χ4n) is 2.90. The number of nitrogens with two attached hydrogens (primary N) is 2. The molecule has 0 aliphatic carbocycles. The topological polar surface area (TPSA) is 61.3 Å². The van der Waals surface area contributed by atoms with E-state index in [4.69, 9.17) is 16.2 Å². The highest BCUT2D eigenvalue weighted by Gasteiger charge is 2.24. The minimum absolute atomic E-state index is 0.371. The molecule has 120 valence electrons. The van der Waals surface area contributed by atoms with Crippen molar-refractivity contribution in [3.63, 3.8) is 0 Å². The molecule has 2 unspecified atom stereocenters. The molecule has 1 aromatic rings. The third kappa shape index (κ3) is 4.21. The van der Waals surface area contributed by atoms with Crippen LogP contribution in [0.3, 0.4) is 0 Å². The van der Waals surface area contributed by atoms with Crippen LogP contribution in [-0.4, -0.2) is 19.7 Å². The van der Waals surface area contributed by atoms with E-state index < -0.39 is 0 Å². The standard InChI is InChI=1S/C18H32N2O/c1-6-9-21-18-8-7-17(14(4)15(18)5)13(3)12(2)16(10-19)11-20/h7-8,12-13,16H,6,9-11,19-20H2,1-5H3. The Kier molecular flexibility index (Phi) is 7.20. The van der Waals surface area contributed by atoms with Crippen LogP contribution < -0.4 is 16.2 Å². The Hall–Kier alpha value is -1.06. The minimum atomic E-state index is 0.371. The van der Waals surface area contributed by atoms with E-state index in [-0.39, 0.29) is 0 Å². The summed E-state index contributed by atoms with van der Waals surface area (Å²) >= 11 is 0. The van der Waals surface area contributed by atoms with Gasteiger partial charge in [-0.05, 0) is 73.9 Å². The monoisotopic (exact) mass is 292 g/mol. The number of rotatable bonds is 8. The van der Waals surface area contributed by atoms with Crippen molar-refractivity contribution in [2.24, 2.45) is 23.3 Å². The molecule has 0 spiro atoms. The molecule has 0 heterocycles. The zero-order chi connectivity index (χ0) is 16.0. The van der Waals surface area contributed by atoms with E-state index in [1.54, 1.807) is 0 Å². The average molecular weight is 292 g/mol. The average Bonchev–Trinajstić information content (AvgIpc) is 2.49. The largest absolute Gasteiger partial charge is 0.493 e. The van der Waals surface area contributed by atoms with Gasteiger partial charge in [-0.3, -0.25) is 0 Å². The van der Waals surface area contributed by atoms with Crippen LogP contribution in [0.4, 0.5) is 0 Å². The van der Waals surface area contributed by atoms with Crippen molar-refractivity contribution >= 4 is 0 Å². The van der Waals surface area contributed by atoms with Crippen LogP contribution in [-0.2, 0) is 0 Å². The van der Waals surface area contributed by atoms with Crippen LogP contribution in [0.5, 0.6) is 5.75 Å². The van der Waals surface area contributed by atoms with Gasteiger partial charge in [-0.25, -0.2) is 0 Å². The summed E-state index contributed by atoms with van der Waals surface area (Å²) in [6.07, 6.45) is 1.03. The Morgan fingerprint density at radius 2 is 1.67 bits per heavy atom. The lowest BCUT2D eigenvalue weighted by Crippen LogP contribution is -2.31. The summed E-state index contributed by atoms with van der Waals surface area (Å²) in [6, 6.07) is 4.31.